The number of rotatable bonds is 7. The van der Waals surface area contributed by atoms with Crippen molar-refractivity contribution in [1.82, 2.24) is 20.1 Å². The Morgan fingerprint density at radius 2 is 2.04 bits per heavy atom. The van der Waals surface area contributed by atoms with E-state index in [1.54, 1.807) is 18.2 Å². The van der Waals surface area contributed by atoms with Gasteiger partial charge >= 0.3 is 0 Å². The van der Waals surface area contributed by atoms with E-state index in [0.29, 0.717) is 21.6 Å². The Balaban J connectivity index is 1.66. The van der Waals surface area contributed by atoms with E-state index in [2.05, 4.69) is 15.5 Å². The van der Waals surface area contributed by atoms with Gasteiger partial charge in [0.15, 0.2) is 17.6 Å². The van der Waals surface area contributed by atoms with Gasteiger partial charge in [-0.15, -0.1) is 10.2 Å². The smallest absolute Gasteiger partial charge is 0.258 e. The third-order valence-corrected chi connectivity index (χ3v) is 5.00. The Morgan fingerprint density at radius 3 is 2.75 bits per heavy atom. The van der Waals surface area contributed by atoms with Crippen LogP contribution < -0.4 is 10.1 Å². The van der Waals surface area contributed by atoms with Crippen molar-refractivity contribution >= 4 is 40.9 Å². The van der Waals surface area contributed by atoms with Gasteiger partial charge in [0, 0.05) is 10.7 Å². The molecule has 0 spiro atoms. The van der Waals surface area contributed by atoms with Gasteiger partial charge < -0.3 is 10.1 Å². The minimum absolute atomic E-state index is 0.171. The van der Waals surface area contributed by atoms with Gasteiger partial charge in [0.05, 0.1) is 11.6 Å². The number of carbonyl (C=O) groups is 1. The van der Waals surface area contributed by atoms with Gasteiger partial charge in [0.2, 0.25) is 0 Å². The van der Waals surface area contributed by atoms with Crippen LogP contribution in [0.15, 0.2) is 47.6 Å². The molecular weight excluding hydrogens is 419 g/mol. The third-order valence-electron chi connectivity index (χ3n) is 3.84. The predicted octanol–water partition coefficient (Wildman–Crippen LogP) is 4.30. The highest BCUT2D eigenvalue weighted by Crippen LogP contribution is 2.27. The average Bonchev–Trinajstić information content (AvgIpc) is 3.08. The number of hydrogen-bond donors (Lipinski definition) is 1. The van der Waals surface area contributed by atoms with Gasteiger partial charge in [-0.25, -0.2) is 0 Å². The third kappa shape index (κ3) is 4.98. The molecule has 0 radical (unpaired) electrons. The van der Waals surface area contributed by atoms with E-state index in [4.69, 9.17) is 27.9 Å². The van der Waals surface area contributed by atoms with Crippen molar-refractivity contribution in [3.05, 3.63) is 63.9 Å². The fourth-order valence-corrected chi connectivity index (χ4v) is 3.52. The summed E-state index contributed by atoms with van der Waals surface area (Å²) in [7, 11) is 0. The summed E-state index contributed by atoms with van der Waals surface area (Å²) in [5.74, 6) is 0.733. The molecule has 0 saturated carbocycles. The van der Waals surface area contributed by atoms with E-state index < -0.39 is 0 Å². The first kappa shape index (κ1) is 20.5. The molecule has 0 fully saturated rings. The number of thioether (sulfide) groups is 1. The lowest BCUT2D eigenvalue weighted by atomic mass is 10.2. The second-order valence-electron chi connectivity index (χ2n) is 5.92. The van der Waals surface area contributed by atoms with Crippen LogP contribution in [0.3, 0.4) is 0 Å². The molecule has 0 saturated heterocycles. The van der Waals surface area contributed by atoms with Crippen LogP contribution in [0.1, 0.15) is 11.4 Å². The molecule has 3 aromatic rings. The minimum atomic E-state index is -0.296. The number of carbonyl (C=O) groups excluding carboxylic acids is 1. The fourth-order valence-electron chi connectivity index (χ4n) is 2.54. The van der Waals surface area contributed by atoms with Gasteiger partial charge in [-0.1, -0.05) is 47.1 Å². The van der Waals surface area contributed by atoms with Gasteiger partial charge in [-0.2, -0.15) is 0 Å². The van der Waals surface area contributed by atoms with E-state index in [-0.39, 0.29) is 19.1 Å². The van der Waals surface area contributed by atoms with Crippen LogP contribution in [0.4, 0.5) is 0 Å². The second kappa shape index (κ2) is 9.32. The van der Waals surface area contributed by atoms with Crippen molar-refractivity contribution in [1.29, 1.82) is 0 Å². The van der Waals surface area contributed by atoms with Crippen molar-refractivity contribution in [3.8, 4) is 11.4 Å². The van der Waals surface area contributed by atoms with E-state index in [0.717, 1.165) is 16.4 Å². The molecule has 1 amide bonds. The molecule has 1 aromatic heterocycles. The van der Waals surface area contributed by atoms with Crippen LogP contribution in [0.5, 0.6) is 5.75 Å². The average molecular weight is 437 g/mol. The SMILES string of the molecule is CSc1nnc(CNC(=O)COc2ccc(Cl)cc2Cl)n1-c1cccc(C)c1. The molecule has 0 atom stereocenters. The number of halogens is 2. The Bertz CT molecular complexity index is 994. The maximum atomic E-state index is 12.2. The van der Waals surface area contributed by atoms with Crippen LogP contribution in [-0.2, 0) is 11.3 Å². The maximum absolute atomic E-state index is 12.2. The number of nitrogens with one attached hydrogen (secondary N) is 1. The zero-order valence-electron chi connectivity index (χ0n) is 15.3. The number of ether oxygens (including phenoxy) is 1. The Kier molecular flexibility index (Phi) is 6.83. The topological polar surface area (TPSA) is 69.0 Å². The molecule has 0 aliphatic carbocycles. The molecule has 28 heavy (non-hydrogen) atoms. The van der Waals surface area contributed by atoms with E-state index in [1.165, 1.54) is 11.8 Å². The number of aromatic nitrogens is 3. The monoisotopic (exact) mass is 436 g/mol. The molecule has 2 aromatic carbocycles. The fraction of sp³-hybridized carbons (Fsp3) is 0.211. The molecule has 0 unspecified atom stereocenters. The van der Waals surface area contributed by atoms with Crippen molar-refractivity contribution in [3.63, 3.8) is 0 Å². The Hall–Kier alpha value is -2.22. The minimum Gasteiger partial charge on any atom is -0.482 e. The maximum Gasteiger partial charge on any atom is 0.258 e. The molecule has 146 valence electrons. The lowest BCUT2D eigenvalue weighted by molar-refractivity contribution is -0.123. The number of amides is 1. The van der Waals surface area contributed by atoms with E-state index >= 15 is 0 Å². The van der Waals surface area contributed by atoms with Crippen molar-refractivity contribution < 1.29 is 9.53 Å². The summed E-state index contributed by atoms with van der Waals surface area (Å²) >= 11 is 13.4. The van der Waals surface area contributed by atoms with Crippen LogP contribution in [0.2, 0.25) is 10.0 Å². The molecular formula is C19H18Cl2N4O2S. The summed E-state index contributed by atoms with van der Waals surface area (Å²) in [4.78, 5) is 12.2. The normalized spacial score (nSPS) is 10.7. The highest BCUT2D eigenvalue weighted by molar-refractivity contribution is 7.98. The zero-order valence-corrected chi connectivity index (χ0v) is 17.6. The lowest BCUT2D eigenvalue weighted by Gasteiger charge is -2.11. The lowest BCUT2D eigenvalue weighted by Crippen LogP contribution is -2.29. The number of nitrogens with zero attached hydrogens (tertiary/aromatic N) is 3. The highest BCUT2D eigenvalue weighted by atomic mass is 35.5. The van der Waals surface area contributed by atoms with Crippen molar-refractivity contribution in [2.45, 2.75) is 18.6 Å². The van der Waals surface area contributed by atoms with Crippen molar-refractivity contribution in [2.75, 3.05) is 12.9 Å². The summed E-state index contributed by atoms with van der Waals surface area (Å²) in [6.07, 6.45) is 1.93. The molecule has 3 rings (SSSR count). The van der Waals surface area contributed by atoms with Crippen LogP contribution >= 0.6 is 35.0 Å². The number of benzene rings is 2. The van der Waals surface area contributed by atoms with Gasteiger partial charge in [0.25, 0.3) is 5.91 Å². The highest BCUT2D eigenvalue weighted by Gasteiger charge is 2.15. The first-order valence-electron chi connectivity index (χ1n) is 8.38. The van der Waals surface area contributed by atoms with Gasteiger partial charge in [-0.3, -0.25) is 9.36 Å². The molecule has 0 bridgehead atoms. The second-order valence-corrected chi connectivity index (χ2v) is 7.53. The quantitative estimate of drug-likeness (QED) is 0.559. The summed E-state index contributed by atoms with van der Waals surface area (Å²) in [6.45, 7) is 2.07. The zero-order chi connectivity index (χ0) is 20.1. The molecule has 1 heterocycles. The number of hydrogen-bond acceptors (Lipinski definition) is 5. The summed E-state index contributed by atoms with van der Waals surface area (Å²) in [5.41, 5.74) is 2.07. The van der Waals surface area contributed by atoms with Crippen molar-refractivity contribution in [2.24, 2.45) is 0 Å². The molecule has 6 nitrogen and oxygen atoms in total. The number of aryl methyl sites for hydroxylation is 1. The van der Waals surface area contributed by atoms with E-state index in [9.17, 15) is 4.79 Å². The summed E-state index contributed by atoms with van der Waals surface area (Å²) in [5, 5.41) is 12.8. The molecule has 1 N–H and O–H groups in total. The predicted molar refractivity (Wildman–Crippen MR) is 112 cm³/mol. The van der Waals surface area contributed by atoms with Crippen LogP contribution in [0, 0.1) is 6.92 Å². The first-order chi connectivity index (χ1) is 13.5. The van der Waals surface area contributed by atoms with Gasteiger partial charge in [-0.05, 0) is 49.1 Å². The molecule has 0 aliphatic heterocycles. The summed E-state index contributed by atoms with van der Waals surface area (Å²) < 4.78 is 7.37. The molecule has 0 aliphatic rings. The van der Waals surface area contributed by atoms with E-state index in [1.807, 2.05) is 42.0 Å². The molecule has 9 heteroatoms. The standard InChI is InChI=1S/C19H18Cl2N4O2S/c1-12-4-3-5-14(8-12)25-17(23-24-19(25)28-2)10-22-18(26)11-27-16-7-6-13(20)9-15(16)21/h3-9H,10-11H2,1-2H3,(H,22,26). The largest absolute Gasteiger partial charge is 0.482 e. The van der Waals surface area contributed by atoms with Crippen LogP contribution in [-0.4, -0.2) is 33.5 Å². The Morgan fingerprint density at radius 1 is 1.21 bits per heavy atom. The summed E-state index contributed by atoms with van der Waals surface area (Å²) in [6, 6.07) is 12.8. The Labute approximate surface area is 177 Å². The van der Waals surface area contributed by atoms with Crippen LogP contribution in [0.25, 0.3) is 5.69 Å². The van der Waals surface area contributed by atoms with Gasteiger partial charge in [0.1, 0.15) is 5.75 Å². The first-order valence-corrected chi connectivity index (χ1v) is 10.4.